The topological polar surface area (TPSA) is 58.9 Å². The van der Waals surface area contributed by atoms with Crippen molar-refractivity contribution in [2.75, 3.05) is 6.61 Å². The maximum absolute atomic E-state index is 10.4. The van der Waals surface area contributed by atoms with Gasteiger partial charge < -0.3 is 9.84 Å². The number of nitrogens with zero attached hydrogens (tertiary/aromatic N) is 1. The highest BCUT2D eigenvalue weighted by atomic mass is 16.5. The number of aliphatic imine (C=N–C) groups is 1. The minimum atomic E-state index is -0.991. The van der Waals surface area contributed by atoms with Gasteiger partial charge in [-0.2, -0.15) is 0 Å². The van der Waals surface area contributed by atoms with Crippen LogP contribution in [0, 0.1) is 0 Å². The van der Waals surface area contributed by atoms with E-state index in [0.29, 0.717) is 5.75 Å². The van der Waals surface area contributed by atoms with Crippen molar-refractivity contribution in [3.8, 4) is 5.75 Å². The Hall–Kier alpha value is -2.62. The monoisotopic (exact) mass is 255 g/mol. The lowest BCUT2D eigenvalue weighted by molar-refractivity contribution is -0.139. The quantitative estimate of drug-likeness (QED) is 0.836. The van der Waals surface area contributed by atoms with Gasteiger partial charge in [-0.05, 0) is 42.0 Å². The van der Waals surface area contributed by atoms with Crippen molar-refractivity contribution in [3.63, 3.8) is 0 Å². The second-order valence-corrected chi connectivity index (χ2v) is 3.85. The molecule has 0 bridgehead atoms. The van der Waals surface area contributed by atoms with Gasteiger partial charge in [-0.25, -0.2) is 4.79 Å². The Labute approximate surface area is 111 Å². The first-order chi connectivity index (χ1) is 9.24. The predicted octanol–water partition coefficient (Wildman–Crippen LogP) is 2.90. The molecule has 0 fully saturated rings. The molecule has 19 heavy (non-hydrogen) atoms. The van der Waals surface area contributed by atoms with Gasteiger partial charge in [0, 0.05) is 6.21 Å². The van der Waals surface area contributed by atoms with Crippen LogP contribution in [0.25, 0.3) is 0 Å². The molecule has 0 aliphatic heterocycles. The van der Waals surface area contributed by atoms with E-state index in [1.165, 1.54) is 0 Å². The molecule has 0 aliphatic rings. The minimum Gasteiger partial charge on any atom is -0.482 e. The Morgan fingerprint density at radius 2 is 1.79 bits per heavy atom. The molecular formula is C15H13NO3. The van der Waals surface area contributed by atoms with Gasteiger partial charge in [0.2, 0.25) is 0 Å². The summed E-state index contributed by atoms with van der Waals surface area (Å²) < 4.78 is 5.04. The molecule has 0 spiro atoms. The van der Waals surface area contributed by atoms with E-state index in [1.54, 1.807) is 18.3 Å². The lowest BCUT2D eigenvalue weighted by Crippen LogP contribution is -2.09. The van der Waals surface area contributed by atoms with Crippen molar-refractivity contribution in [1.82, 2.24) is 0 Å². The second kappa shape index (κ2) is 6.35. The van der Waals surface area contributed by atoms with Crippen LogP contribution < -0.4 is 4.74 Å². The molecule has 0 aliphatic carbocycles. The number of carboxylic acids is 1. The van der Waals surface area contributed by atoms with E-state index in [4.69, 9.17) is 9.84 Å². The average Bonchev–Trinajstić information content (AvgIpc) is 2.45. The Morgan fingerprint density at radius 1 is 1.11 bits per heavy atom. The molecule has 2 aromatic rings. The molecule has 0 atom stereocenters. The standard InChI is InChI=1S/C15H13NO3/c17-15(18)11-19-14-8-6-12(7-9-14)10-16-13-4-2-1-3-5-13/h1-10H,11H2,(H,17,18). The fraction of sp³-hybridized carbons (Fsp3) is 0.0667. The molecule has 0 amide bonds. The maximum Gasteiger partial charge on any atom is 0.341 e. The van der Waals surface area contributed by atoms with Gasteiger partial charge >= 0.3 is 5.97 Å². The summed E-state index contributed by atoms with van der Waals surface area (Å²) in [5.74, 6) is -0.464. The zero-order valence-corrected chi connectivity index (χ0v) is 10.2. The third-order valence-corrected chi connectivity index (χ3v) is 2.36. The Kier molecular flexibility index (Phi) is 4.29. The van der Waals surface area contributed by atoms with Crippen LogP contribution in [0.4, 0.5) is 5.69 Å². The molecular weight excluding hydrogens is 242 g/mol. The van der Waals surface area contributed by atoms with E-state index in [0.717, 1.165) is 11.3 Å². The van der Waals surface area contributed by atoms with Crippen LogP contribution in [0.5, 0.6) is 5.75 Å². The van der Waals surface area contributed by atoms with E-state index >= 15 is 0 Å². The number of para-hydroxylation sites is 1. The Bertz CT molecular complexity index is 562. The number of hydrogen-bond donors (Lipinski definition) is 1. The average molecular weight is 255 g/mol. The molecule has 1 N–H and O–H groups in total. The highest BCUT2D eigenvalue weighted by Gasteiger charge is 1.98. The SMILES string of the molecule is O=C(O)COc1ccc(C=Nc2ccccc2)cc1. The van der Waals surface area contributed by atoms with Gasteiger partial charge in [-0.1, -0.05) is 18.2 Å². The van der Waals surface area contributed by atoms with Gasteiger partial charge in [0.15, 0.2) is 6.61 Å². The highest BCUT2D eigenvalue weighted by molar-refractivity contribution is 5.82. The van der Waals surface area contributed by atoms with Crippen molar-refractivity contribution in [2.45, 2.75) is 0 Å². The fourth-order valence-corrected chi connectivity index (χ4v) is 1.46. The van der Waals surface area contributed by atoms with E-state index in [2.05, 4.69) is 4.99 Å². The Balaban J connectivity index is 1.99. The number of aliphatic carboxylic acids is 1. The molecule has 0 saturated carbocycles. The molecule has 0 unspecified atom stereocenters. The van der Waals surface area contributed by atoms with Crippen molar-refractivity contribution in [2.24, 2.45) is 4.99 Å². The molecule has 0 saturated heterocycles. The largest absolute Gasteiger partial charge is 0.482 e. The van der Waals surface area contributed by atoms with E-state index < -0.39 is 5.97 Å². The van der Waals surface area contributed by atoms with Crippen LogP contribution in [-0.4, -0.2) is 23.9 Å². The Morgan fingerprint density at radius 3 is 2.42 bits per heavy atom. The maximum atomic E-state index is 10.4. The van der Waals surface area contributed by atoms with Crippen molar-refractivity contribution in [1.29, 1.82) is 0 Å². The van der Waals surface area contributed by atoms with E-state index in [-0.39, 0.29) is 6.61 Å². The third-order valence-electron chi connectivity index (χ3n) is 2.36. The lowest BCUT2D eigenvalue weighted by atomic mass is 10.2. The zero-order valence-electron chi connectivity index (χ0n) is 10.2. The van der Waals surface area contributed by atoms with Crippen molar-refractivity contribution >= 4 is 17.9 Å². The zero-order chi connectivity index (χ0) is 13.5. The molecule has 2 aromatic carbocycles. The summed E-state index contributed by atoms with van der Waals surface area (Å²) in [4.78, 5) is 14.7. The highest BCUT2D eigenvalue weighted by Crippen LogP contribution is 2.13. The summed E-state index contributed by atoms with van der Waals surface area (Å²) in [6, 6.07) is 16.7. The number of carboxylic acid groups (broad SMARTS) is 1. The van der Waals surface area contributed by atoms with Gasteiger partial charge in [0.25, 0.3) is 0 Å². The first-order valence-electron chi connectivity index (χ1n) is 5.78. The first kappa shape index (κ1) is 12.8. The summed E-state index contributed by atoms with van der Waals surface area (Å²) in [5, 5.41) is 8.49. The summed E-state index contributed by atoms with van der Waals surface area (Å²) in [6.07, 6.45) is 1.75. The predicted molar refractivity (Wildman–Crippen MR) is 73.3 cm³/mol. The number of benzene rings is 2. The van der Waals surface area contributed by atoms with Crippen LogP contribution >= 0.6 is 0 Å². The van der Waals surface area contributed by atoms with Crippen LogP contribution in [-0.2, 0) is 4.79 Å². The fourth-order valence-electron chi connectivity index (χ4n) is 1.46. The minimum absolute atomic E-state index is 0.336. The van der Waals surface area contributed by atoms with Crippen molar-refractivity contribution < 1.29 is 14.6 Å². The molecule has 96 valence electrons. The number of rotatable bonds is 5. The summed E-state index contributed by atoms with van der Waals surface area (Å²) in [7, 11) is 0. The van der Waals surface area contributed by atoms with Crippen LogP contribution in [0.15, 0.2) is 59.6 Å². The summed E-state index contributed by atoms with van der Waals surface area (Å²) in [5.41, 5.74) is 1.81. The summed E-state index contributed by atoms with van der Waals surface area (Å²) >= 11 is 0. The number of carbonyl (C=O) groups is 1. The van der Waals surface area contributed by atoms with Gasteiger partial charge in [0.1, 0.15) is 5.75 Å². The van der Waals surface area contributed by atoms with Gasteiger partial charge in [-0.15, -0.1) is 0 Å². The number of hydrogen-bond acceptors (Lipinski definition) is 3. The molecule has 0 aromatic heterocycles. The van der Waals surface area contributed by atoms with Crippen LogP contribution in [0.3, 0.4) is 0 Å². The van der Waals surface area contributed by atoms with Crippen LogP contribution in [0.2, 0.25) is 0 Å². The molecule has 0 heterocycles. The first-order valence-corrected chi connectivity index (χ1v) is 5.78. The van der Waals surface area contributed by atoms with Crippen LogP contribution in [0.1, 0.15) is 5.56 Å². The van der Waals surface area contributed by atoms with Gasteiger partial charge in [0.05, 0.1) is 5.69 Å². The van der Waals surface area contributed by atoms with E-state index in [9.17, 15) is 4.79 Å². The third kappa shape index (κ3) is 4.27. The smallest absolute Gasteiger partial charge is 0.341 e. The molecule has 4 heteroatoms. The molecule has 0 radical (unpaired) electrons. The lowest BCUT2D eigenvalue weighted by Gasteiger charge is -2.02. The normalized spacial score (nSPS) is 10.5. The van der Waals surface area contributed by atoms with Crippen molar-refractivity contribution in [3.05, 3.63) is 60.2 Å². The van der Waals surface area contributed by atoms with Gasteiger partial charge in [-0.3, -0.25) is 4.99 Å². The second-order valence-electron chi connectivity index (χ2n) is 3.85. The molecule has 2 rings (SSSR count). The number of ether oxygens (including phenoxy) is 1. The summed E-state index contributed by atoms with van der Waals surface area (Å²) in [6.45, 7) is -0.336. The van der Waals surface area contributed by atoms with E-state index in [1.807, 2.05) is 42.5 Å². The molecule has 4 nitrogen and oxygen atoms in total.